The van der Waals surface area contributed by atoms with Gasteiger partial charge in [0.15, 0.2) is 0 Å². The van der Waals surface area contributed by atoms with Crippen molar-refractivity contribution in [1.29, 1.82) is 0 Å². The summed E-state index contributed by atoms with van der Waals surface area (Å²) in [5.41, 5.74) is 0. The largest absolute Gasteiger partial charge is 0.336 e. The summed E-state index contributed by atoms with van der Waals surface area (Å²) in [6, 6.07) is 2.33. The lowest BCUT2D eigenvalue weighted by Gasteiger charge is -2.15. The van der Waals surface area contributed by atoms with Crippen molar-refractivity contribution in [2.24, 2.45) is 7.05 Å². The Balaban J connectivity index is 2.34. The highest BCUT2D eigenvalue weighted by molar-refractivity contribution is 9.10. The average Bonchev–Trinajstić information content (AvgIpc) is 2.84. The van der Waals surface area contributed by atoms with E-state index in [1.165, 1.54) is 4.88 Å². The van der Waals surface area contributed by atoms with Crippen LogP contribution in [-0.4, -0.2) is 16.1 Å². The number of hydrogen-bond donors (Lipinski definition) is 1. The molecule has 1 unspecified atom stereocenters. The van der Waals surface area contributed by atoms with E-state index in [0.29, 0.717) is 0 Å². The van der Waals surface area contributed by atoms with Crippen LogP contribution in [0.5, 0.6) is 0 Å². The first-order valence-corrected chi connectivity index (χ1v) is 6.84. The maximum absolute atomic E-state index is 4.41. The van der Waals surface area contributed by atoms with Gasteiger partial charge >= 0.3 is 0 Å². The minimum absolute atomic E-state index is 0.182. The van der Waals surface area contributed by atoms with Gasteiger partial charge in [0.1, 0.15) is 11.9 Å². The number of thiophene rings is 1. The zero-order chi connectivity index (χ0) is 11.5. The summed E-state index contributed by atoms with van der Waals surface area (Å²) in [5, 5.41) is 5.56. The molecule has 0 aliphatic carbocycles. The topological polar surface area (TPSA) is 29.9 Å². The van der Waals surface area contributed by atoms with Gasteiger partial charge in [0.2, 0.25) is 0 Å². The summed E-state index contributed by atoms with van der Waals surface area (Å²) in [7, 11) is 2.02. The van der Waals surface area contributed by atoms with E-state index in [2.05, 4.69) is 49.2 Å². The lowest BCUT2D eigenvalue weighted by Crippen LogP contribution is -2.23. The number of aryl methyl sites for hydroxylation is 1. The van der Waals surface area contributed by atoms with Crippen LogP contribution < -0.4 is 5.32 Å². The summed E-state index contributed by atoms with van der Waals surface area (Å²) < 4.78 is 3.19. The van der Waals surface area contributed by atoms with Crippen molar-refractivity contribution in [3.05, 3.63) is 39.0 Å². The zero-order valence-electron chi connectivity index (χ0n) is 9.27. The van der Waals surface area contributed by atoms with Crippen molar-refractivity contribution in [2.45, 2.75) is 13.0 Å². The molecule has 2 aromatic heterocycles. The molecule has 2 aromatic rings. The number of imidazole rings is 1. The fourth-order valence-electron chi connectivity index (χ4n) is 1.66. The number of nitrogens with one attached hydrogen (secondary N) is 1. The molecule has 1 atom stereocenters. The molecule has 1 N–H and O–H groups in total. The van der Waals surface area contributed by atoms with Crippen LogP contribution in [0.15, 0.2) is 28.3 Å². The lowest BCUT2D eigenvalue weighted by atomic mass is 10.2. The smallest absolute Gasteiger partial charge is 0.131 e. The van der Waals surface area contributed by atoms with Gasteiger partial charge < -0.3 is 9.88 Å². The SMILES string of the molecule is CCNC(c1cc(Br)cs1)c1nccn1C. The summed E-state index contributed by atoms with van der Waals surface area (Å²) in [5.74, 6) is 1.05. The number of aromatic nitrogens is 2. The second kappa shape index (κ2) is 5.12. The minimum atomic E-state index is 0.182. The maximum Gasteiger partial charge on any atom is 0.131 e. The quantitative estimate of drug-likeness (QED) is 0.941. The molecule has 0 saturated heterocycles. The number of rotatable bonds is 4. The lowest BCUT2D eigenvalue weighted by molar-refractivity contribution is 0.584. The summed E-state index contributed by atoms with van der Waals surface area (Å²) in [6.45, 7) is 3.03. The van der Waals surface area contributed by atoms with E-state index in [-0.39, 0.29) is 6.04 Å². The van der Waals surface area contributed by atoms with Gasteiger partial charge in [-0.15, -0.1) is 11.3 Å². The Hall–Kier alpha value is -0.650. The van der Waals surface area contributed by atoms with Crippen LogP contribution in [0.2, 0.25) is 0 Å². The van der Waals surface area contributed by atoms with Crippen molar-refractivity contribution >= 4 is 27.3 Å². The first-order chi connectivity index (χ1) is 7.72. The predicted molar refractivity (Wildman–Crippen MR) is 70.7 cm³/mol. The highest BCUT2D eigenvalue weighted by atomic mass is 79.9. The average molecular weight is 300 g/mol. The molecule has 0 bridgehead atoms. The second-order valence-corrected chi connectivity index (χ2v) is 5.41. The summed E-state index contributed by atoms with van der Waals surface area (Å²) >= 11 is 5.23. The molecule has 86 valence electrons. The monoisotopic (exact) mass is 299 g/mol. The van der Waals surface area contributed by atoms with E-state index in [4.69, 9.17) is 0 Å². The fraction of sp³-hybridized carbons (Fsp3) is 0.364. The van der Waals surface area contributed by atoms with Gasteiger partial charge in [0, 0.05) is 34.2 Å². The van der Waals surface area contributed by atoms with Crippen molar-refractivity contribution in [1.82, 2.24) is 14.9 Å². The van der Waals surface area contributed by atoms with Gasteiger partial charge in [0.25, 0.3) is 0 Å². The van der Waals surface area contributed by atoms with Crippen LogP contribution in [-0.2, 0) is 7.05 Å². The molecule has 2 heterocycles. The first-order valence-electron chi connectivity index (χ1n) is 5.17. The molecule has 0 amide bonds. The van der Waals surface area contributed by atoms with Gasteiger partial charge in [-0.25, -0.2) is 4.98 Å². The van der Waals surface area contributed by atoms with Crippen LogP contribution in [0.1, 0.15) is 23.7 Å². The molecule has 2 rings (SSSR count). The Bertz CT molecular complexity index is 463. The minimum Gasteiger partial charge on any atom is -0.336 e. The second-order valence-electron chi connectivity index (χ2n) is 3.55. The first kappa shape index (κ1) is 11.8. The van der Waals surface area contributed by atoms with Crippen molar-refractivity contribution in [2.75, 3.05) is 6.54 Å². The Kier molecular flexibility index (Phi) is 3.78. The van der Waals surface area contributed by atoms with Gasteiger partial charge in [-0.2, -0.15) is 0 Å². The van der Waals surface area contributed by atoms with Crippen LogP contribution in [0, 0.1) is 0 Å². The number of nitrogens with zero attached hydrogens (tertiary/aromatic N) is 2. The van der Waals surface area contributed by atoms with E-state index in [1.54, 1.807) is 11.3 Å². The molecule has 0 aliphatic heterocycles. The third kappa shape index (κ3) is 2.36. The molecule has 5 heteroatoms. The molecule has 0 spiro atoms. The van der Waals surface area contributed by atoms with E-state index >= 15 is 0 Å². The van der Waals surface area contributed by atoms with E-state index in [1.807, 2.05) is 19.4 Å². The third-order valence-corrected chi connectivity index (χ3v) is 4.16. The maximum atomic E-state index is 4.41. The number of halogens is 1. The molecule has 3 nitrogen and oxygen atoms in total. The van der Waals surface area contributed by atoms with Crippen LogP contribution >= 0.6 is 27.3 Å². The molecular weight excluding hydrogens is 286 g/mol. The number of hydrogen-bond acceptors (Lipinski definition) is 3. The van der Waals surface area contributed by atoms with Gasteiger partial charge in [-0.05, 0) is 28.5 Å². The van der Waals surface area contributed by atoms with E-state index in [0.717, 1.165) is 16.8 Å². The van der Waals surface area contributed by atoms with Crippen molar-refractivity contribution in [3.63, 3.8) is 0 Å². The molecule has 0 aromatic carbocycles. The van der Waals surface area contributed by atoms with Crippen molar-refractivity contribution in [3.8, 4) is 0 Å². The van der Waals surface area contributed by atoms with E-state index in [9.17, 15) is 0 Å². The van der Waals surface area contributed by atoms with E-state index < -0.39 is 0 Å². The van der Waals surface area contributed by atoms with Crippen LogP contribution in [0.4, 0.5) is 0 Å². The third-order valence-electron chi connectivity index (χ3n) is 2.40. The van der Waals surface area contributed by atoms with Gasteiger partial charge in [0.05, 0.1) is 0 Å². The standard InChI is InChI=1S/C11H14BrN3S/c1-3-13-10(9-6-8(12)7-16-9)11-14-4-5-15(11)2/h4-7,10,13H,3H2,1-2H3. The fourth-order valence-corrected chi connectivity index (χ4v) is 3.17. The predicted octanol–water partition coefficient (Wildman–Crippen LogP) is 2.94. The Morgan fingerprint density at radius 1 is 1.62 bits per heavy atom. The Morgan fingerprint density at radius 2 is 2.44 bits per heavy atom. The highest BCUT2D eigenvalue weighted by Crippen LogP contribution is 2.29. The van der Waals surface area contributed by atoms with Crippen LogP contribution in [0.25, 0.3) is 0 Å². The molecule has 16 heavy (non-hydrogen) atoms. The van der Waals surface area contributed by atoms with Gasteiger partial charge in [-0.3, -0.25) is 0 Å². The molecule has 0 aliphatic rings. The highest BCUT2D eigenvalue weighted by Gasteiger charge is 2.18. The van der Waals surface area contributed by atoms with Crippen molar-refractivity contribution < 1.29 is 0 Å². The Labute approximate surface area is 108 Å². The zero-order valence-corrected chi connectivity index (χ0v) is 11.7. The molecule has 0 radical (unpaired) electrons. The van der Waals surface area contributed by atoms with Gasteiger partial charge in [-0.1, -0.05) is 6.92 Å². The summed E-state index contributed by atoms with van der Waals surface area (Å²) in [6.07, 6.45) is 3.81. The Morgan fingerprint density at radius 3 is 2.94 bits per heavy atom. The molecular formula is C11H14BrN3S. The normalized spacial score (nSPS) is 12.9. The molecule has 0 saturated carbocycles. The summed E-state index contributed by atoms with van der Waals surface area (Å²) in [4.78, 5) is 5.69. The molecule has 0 fully saturated rings. The van der Waals surface area contributed by atoms with Crippen LogP contribution in [0.3, 0.4) is 0 Å².